The van der Waals surface area contributed by atoms with E-state index in [4.69, 9.17) is 10.5 Å². The molecule has 0 bridgehead atoms. The highest BCUT2D eigenvalue weighted by Crippen LogP contribution is 2.10. The largest absolute Gasteiger partial charge is 0.461 e. The van der Waals surface area contributed by atoms with Crippen molar-refractivity contribution in [3.05, 3.63) is 35.9 Å². The average Bonchev–Trinajstić information content (AvgIpc) is 2.51. The molecule has 0 saturated carbocycles. The summed E-state index contributed by atoms with van der Waals surface area (Å²) < 4.78 is 5.46. The van der Waals surface area contributed by atoms with Crippen molar-refractivity contribution >= 4 is 11.9 Å². The number of hydrogen-bond acceptors (Lipinski definition) is 7. The Balaban J connectivity index is 1.74. The van der Waals surface area contributed by atoms with Gasteiger partial charge in [-0.25, -0.2) is 0 Å². The lowest BCUT2D eigenvalue weighted by molar-refractivity contribution is 0.222. The summed E-state index contributed by atoms with van der Waals surface area (Å²) in [5, 5.41) is 3.17. The number of nitrogens with zero attached hydrogens (tertiary/aromatic N) is 4. The number of anilines is 2. The van der Waals surface area contributed by atoms with E-state index in [0.717, 1.165) is 26.1 Å². The van der Waals surface area contributed by atoms with E-state index in [1.807, 2.05) is 19.9 Å². The van der Waals surface area contributed by atoms with E-state index in [0.29, 0.717) is 5.95 Å². The molecule has 0 unspecified atom stereocenters. The number of hydrogen-bond donors (Lipinski definition) is 2. The number of nitrogens with two attached hydrogens (primary N) is 1. The Bertz CT molecular complexity index is 620. The molecule has 0 aliphatic carbocycles. The Kier molecular flexibility index (Phi) is 6.74. The van der Waals surface area contributed by atoms with Crippen molar-refractivity contribution < 1.29 is 4.74 Å². The van der Waals surface area contributed by atoms with Crippen molar-refractivity contribution in [2.75, 3.05) is 31.2 Å². The quantitative estimate of drug-likeness (QED) is 0.681. The SMILES string of the molecule is CC(C)Oc1nc(N)nc(NCCCN(C)Cc2ccccc2)n1. The van der Waals surface area contributed by atoms with Crippen LogP contribution in [-0.4, -0.2) is 46.1 Å². The van der Waals surface area contributed by atoms with Crippen LogP contribution in [-0.2, 0) is 6.54 Å². The van der Waals surface area contributed by atoms with Gasteiger partial charge in [-0.2, -0.15) is 15.0 Å². The van der Waals surface area contributed by atoms with Gasteiger partial charge in [-0.05, 0) is 39.4 Å². The van der Waals surface area contributed by atoms with Crippen molar-refractivity contribution in [3.63, 3.8) is 0 Å². The average molecular weight is 330 g/mol. The molecule has 0 aliphatic heterocycles. The summed E-state index contributed by atoms with van der Waals surface area (Å²) in [7, 11) is 2.11. The second-order valence-electron chi connectivity index (χ2n) is 5.97. The van der Waals surface area contributed by atoms with E-state index in [1.54, 1.807) is 0 Å². The van der Waals surface area contributed by atoms with Crippen molar-refractivity contribution in [2.24, 2.45) is 0 Å². The number of aromatic nitrogens is 3. The maximum Gasteiger partial charge on any atom is 0.323 e. The summed E-state index contributed by atoms with van der Waals surface area (Å²) in [4.78, 5) is 14.5. The first-order chi connectivity index (χ1) is 11.5. The van der Waals surface area contributed by atoms with Crippen molar-refractivity contribution in [1.82, 2.24) is 19.9 Å². The molecule has 0 radical (unpaired) electrons. The van der Waals surface area contributed by atoms with Crippen molar-refractivity contribution in [1.29, 1.82) is 0 Å². The lowest BCUT2D eigenvalue weighted by Crippen LogP contribution is -2.21. The monoisotopic (exact) mass is 330 g/mol. The molecule has 0 aliphatic rings. The van der Waals surface area contributed by atoms with E-state index in [-0.39, 0.29) is 18.1 Å². The fraction of sp³-hybridized carbons (Fsp3) is 0.471. The summed E-state index contributed by atoms with van der Waals surface area (Å²) in [6, 6.07) is 10.7. The van der Waals surface area contributed by atoms with Gasteiger partial charge in [0.1, 0.15) is 0 Å². The van der Waals surface area contributed by atoms with E-state index >= 15 is 0 Å². The molecule has 24 heavy (non-hydrogen) atoms. The smallest absolute Gasteiger partial charge is 0.323 e. The molecule has 2 aromatic rings. The summed E-state index contributed by atoms with van der Waals surface area (Å²) in [6.07, 6.45) is 0.959. The molecule has 1 heterocycles. The van der Waals surface area contributed by atoms with E-state index in [1.165, 1.54) is 5.56 Å². The van der Waals surface area contributed by atoms with Crippen LogP contribution >= 0.6 is 0 Å². The van der Waals surface area contributed by atoms with Gasteiger partial charge in [0.15, 0.2) is 0 Å². The molecular formula is C17H26N6O. The summed E-state index contributed by atoms with van der Waals surface area (Å²) >= 11 is 0. The molecule has 7 nitrogen and oxygen atoms in total. The van der Waals surface area contributed by atoms with Gasteiger partial charge in [0.05, 0.1) is 6.10 Å². The fourth-order valence-electron chi connectivity index (χ4n) is 2.24. The minimum absolute atomic E-state index is 0.00807. The summed E-state index contributed by atoms with van der Waals surface area (Å²) in [6.45, 7) is 6.48. The van der Waals surface area contributed by atoms with Crippen molar-refractivity contribution in [2.45, 2.75) is 32.9 Å². The number of benzene rings is 1. The number of rotatable bonds is 9. The standard InChI is InChI=1S/C17H26N6O/c1-13(2)24-17-21-15(18)20-16(22-17)19-10-7-11-23(3)12-14-8-5-4-6-9-14/h4-6,8-9,13H,7,10-12H2,1-3H3,(H3,18,19,20,21,22). The Morgan fingerprint density at radius 2 is 1.92 bits per heavy atom. The third-order valence-corrected chi connectivity index (χ3v) is 3.27. The molecule has 2 rings (SSSR count). The molecule has 0 fully saturated rings. The number of nitrogen functional groups attached to an aromatic ring is 1. The van der Waals surface area contributed by atoms with Crippen LogP contribution in [0.3, 0.4) is 0 Å². The Morgan fingerprint density at radius 3 is 2.62 bits per heavy atom. The maximum atomic E-state index is 5.68. The molecule has 0 saturated heterocycles. The third kappa shape index (κ3) is 6.37. The zero-order valence-electron chi connectivity index (χ0n) is 14.6. The number of nitrogens with one attached hydrogen (secondary N) is 1. The van der Waals surface area contributed by atoms with Gasteiger partial charge >= 0.3 is 6.01 Å². The van der Waals surface area contributed by atoms with Gasteiger partial charge < -0.3 is 20.7 Å². The number of ether oxygens (including phenoxy) is 1. The van der Waals surface area contributed by atoms with Crippen LogP contribution in [0, 0.1) is 0 Å². The maximum absolute atomic E-state index is 5.68. The highest BCUT2D eigenvalue weighted by Gasteiger charge is 2.07. The van der Waals surface area contributed by atoms with Gasteiger partial charge in [-0.15, -0.1) is 0 Å². The Morgan fingerprint density at radius 1 is 1.17 bits per heavy atom. The van der Waals surface area contributed by atoms with Crippen LogP contribution in [0.25, 0.3) is 0 Å². The van der Waals surface area contributed by atoms with E-state index < -0.39 is 0 Å². The Labute approximate surface area is 143 Å². The summed E-state index contributed by atoms with van der Waals surface area (Å²) in [5.74, 6) is 0.605. The molecule has 7 heteroatoms. The van der Waals surface area contributed by atoms with Gasteiger partial charge in [-0.3, -0.25) is 0 Å². The first kappa shape index (κ1) is 17.9. The van der Waals surface area contributed by atoms with Crippen LogP contribution in [0.15, 0.2) is 30.3 Å². The lowest BCUT2D eigenvalue weighted by Gasteiger charge is -2.16. The molecule has 1 aromatic carbocycles. The van der Waals surface area contributed by atoms with Crippen LogP contribution in [0.5, 0.6) is 6.01 Å². The first-order valence-corrected chi connectivity index (χ1v) is 8.17. The van der Waals surface area contributed by atoms with Crippen LogP contribution in [0.4, 0.5) is 11.9 Å². The molecule has 130 valence electrons. The fourth-order valence-corrected chi connectivity index (χ4v) is 2.24. The Hall–Kier alpha value is -2.41. The zero-order chi connectivity index (χ0) is 17.4. The predicted molar refractivity (Wildman–Crippen MR) is 95.9 cm³/mol. The normalized spacial score (nSPS) is 11.0. The molecular weight excluding hydrogens is 304 g/mol. The van der Waals surface area contributed by atoms with Crippen LogP contribution in [0.2, 0.25) is 0 Å². The zero-order valence-corrected chi connectivity index (χ0v) is 14.6. The highest BCUT2D eigenvalue weighted by atomic mass is 16.5. The second-order valence-corrected chi connectivity index (χ2v) is 5.97. The molecule has 0 atom stereocenters. The van der Waals surface area contributed by atoms with Gasteiger partial charge in [0.25, 0.3) is 0 Å². The van der Waals surface area contributed by atoms with Crippen LogP contribution < -0.4 is 15.8 Å². The van der Waals surface area contributed by atoms with Crippen molar-refractivity contribution in [3.8, 4) is 6.01 Å². The lowest BCUT2D eigenvalue weighted by atomic mass is 10.2. The minimum Gasteiger partial charge on any atom is -0.461 e. The van der Waals surface area contributed by atoms with Crippen LogP contribution in [0.1, 0.15) is 25.8 Å². The minimum atomic E-state index is -0.00807. The predicted octanol–water partition coefficient (Wildman–Crippen LogP) is 2.17. The third-order valence-electron chi connectivity index (χ3n) is 3.27. The molecule has 3 N–H and O–H groups in total. The second kappa shape index (κ2) is 9.02. The molecule has 1 aromatic heterocycles. The van der Waals surface area contributed by atoms with E-state index in [2.05, 4.69) is 56.5 Å². The first-order valence-electron chi connectivity index (χ1n) is 8.17. The molecule has 0 spiro atoms. The van der Waals surface area contributed by atoms with E-state index in [9.17, 15) is 0 Å². The van der Waals surface area contributed by atoms with Gasteiger partial charge in [0, 0.05) is 13.1 Å². The van der Waals surface area contributed by atoms with Gasteiger partial charge in [0.2, 0.25) is 11.9 Å². The topological polar surface area (TPSA) is 89.2 Å². The molecule has 0 amide bonds. The summed E-state index contributed by atoms with van der Waals surface area (Å²) in [5.41, 5.74) is 7.00. The highest BCUT2D eigenvalue weighted by molar-refractivity contribution is 5.32. The van der Waals surface area contributed by atoms with Gasteiger partial charge in [-0.1, -0.05) is 30.3 Å².